The number of rotatable bonds is 2. The van der Waals surface area contributed by atoms with Gasteiger partial charge in [0.2, 0.25) is 0 Å². The van der Waals surface area contributed by atoms with E-state index in [2.05, 4.69) is 10.6 Å². The molecule has 110 valence electrons. The van der Waals surface area contributed by atoms with Crippen LogP contribution in [0.3, 0.4) is 0 Å². The fraction of sp³-hybridized carbons (Fsp3) is 0.133. The number of aryl methyl sites for hydroxylation is 2. The van der Waals surface area contributed by atoms with Crippen LogP contribution in [0.4, 0.5) is 16.2 Å². The van der Waals surface area contributed by atoms with E-state index in [1.54, 1.807) is 0 Å². The largest absolute Gasteiger partial charge is 0.504 e. The van der Waals surface area contributed by atoms with E-state index in [-0.39, 0.29) is 5.69 Å². The number of benzene rings is 2. The molecule has 0 aliphatic rings. The summed E-state index contributed by atoms with van der Waals surface area (Å²) in [6.45, 7) is 3.85. The van der Waals surface area contributed by atoms with Gasteiger partial charge >= 0.3 is 6.03 Å². The van der Waals surface area contributed by atoms with Crippen molar-refractivity contribution in [3.63, 3.8) is 0 Å². The highest BCUT2D eigenvalue weighted by atomic mass is 16.3. The van der Waals surface area contributed by atoms with E-state index in [1.165, 1.54) is 0 Å². The summed E-state index contributed by atoms with van der Waals surface area (Å²) in [7, 11) is 0. The average Bonchev–Trinajstić information content (AvgIpc) is 2.34. The Labute approximate surface area is 121 Å². The number of phenolic OH excluding ortho intramolecular Hbond substituents is 3. The molecule has 2 aromatic carbocycles. The van der Waals surface area contributed by atoms with Crippen LogP contribution in [-0.2, 0) is 0 Å². The number of anilines is 2. The smallest absolute Gasteiger partial charge is 0.323 e. The number of hydrogen-bond donors (Lipinski definition) is 5. The van der Waals surface area contributed by atoms with Crippen molar-refractivity contribution >= 4 is 17.4 Å². The summed E-state index contributed by atoms with van der Waals surface area (Å²) in [6, 6.07) is 7.37. The normalized spacial score (nSPS) is 10.2. The average molecular weight is 288 g/mol. The first-order valence-electron chi connectivity index (χ1n) is 6.26. The summed E-state index contributed by atoms with van der Waals surface area (Å²) in [4.78, 5) is 11.9. The van der Waals surface area contributed by atoms with Crippen molar-refractivity contribution in [2.45, 2.75) is 13.8 Å². The van der Waals surface area contributed by atoms with Crippen LogP contribution in [0.5, 0.6) is 17.2 Å². The van der Waals surface area contributed by atoms with Crippen LogP contribution >= 0.6 is 0 Å². The predicted octanol–water partition coefficient (Wildman–Crippen LogP) is 3.06. The molecular weight excluding hydrogens is 272 g/mol. The highest BCUT2D eigenvalue weighted by molar-refractivity contribution is 6.00. The molecule has 2 rings (SSSR count). The van der Waals surface area contributed by atoms with E-state index in [0.29, 0.717) is 5.69 Å². The van der Waals surface area contributed by atoms with Crippen LogP contribution in [0.15, 0.2) is 30.3 Å². The summed E-state index contributed by atoms with van der Waals surface area (Å²) < 4.78 is 0. The molecule has 0 atom stereocenters. The van der Waals surface area contributed by atoms with Crippen molar-refractivity contribution in [1.29, 1.82) is 0 Å². The highest BCUT2D eigenvalue weighted by Crippen LogP contribution is 2.37. The third-order valence-corrected chi connectivity index (χ3v) is 2.81. The van der Waals surface area contributed by atoms with Gasteiger partial charge in [-0.25, -0.2) is 4.79 Å². The van der Waals surface area contributed by atoms with Crippen molar-refractivity contribution in [2.24, 2.45) is 0 Å². The van der Waals surface area contributed by atoms with Gasteiger partial charge in [0.15, 0.2) is 17.2 Å². The minimum absolute atomic E-state index is 0.157. The number of carbonyl (C=O) groups excluding carboxylic acids is 1. The maximum Gasteiger partial charge on any atom is 0.323 e. The molecule has 0 saturated heterocycles. The molecule has 0 radical (unpaired) electrons. The molecule has 5 N–H and O–H groups in total. The molecule has 0 fully saturated rings. The Morgan fingerprint density at radius 2 is 1.24 bits per heavy atom. The lowest BCUT2D eigenvalue weighted by atomic mass is 10.1. The van der Waals surface area contributed by atoms with Gasteiger partial charge in [-0.1, -0.05) is 6.07 Å². The zero-order valence-corrected chi connectivity index (χ0v) is 11.6. The molecule has 2 amide bonds. The van der Waals surface area contributed by atoms with Gasteiger partial charge in [-0.3, -0.25) is 0 Å². The topological polar surface area (TPSA) is 102 Å². The Morgan fingerprint density at radius 1 is 0.810 bits per heavy atom. The highest BCUT2D eigenvalue weighted by Gasteiger charge is 2.10. The molecule has 0 aliphatic heterocycles. The molecule has 21 heavy (non-hydrogen) atoms. The number of hydrogen-bond acceptors (Lipinski definition) is 4. The third-order valence-electron chi connectivity index (χ3n) is 2.81. The first kappa shape index (κ1) is 14.5. The standard InChI is InChI=1S/C15H16N2O4/c1-8-3-9(2)5-10(4-8)16-15(21)17-11-6-12(18)14(20)13(19)7-11/h3-7,18-20H,1-2H3,(H2,16,17,21). The maximum absolute atomic E-state index is 11.9. The van der Waals surface area contributed by atoms with Crippen molar-refractivity contribution in [3.8, 4) is 17.2 Å². The second-order valence-corrected chi connectivity index (χ2v) is 4.82. The van der Waals surface area contributed by atoms with E-state index in [9.17, 15) is 20.1 Å². The van der Waals surface area contributed by atoms with Crippen molar-refractivity contribution in [1.82, 2.24) is 0 Å². The Morgan fingerprint density at radius 3 is 1.71 bits per heavy atom. The lowest BCUT2D eigenvalue weighted by Gasteiger charge is -2.10. The monoisotopic (exact) mass is 288 g/mol. The molecule has 2 aromatic rings. The van der Waals surface area contributed by atoms with Crippen LogP contribution in [0.1, 0.15) is 11.1 Å². The molecule has 6 nitrogen and oxygen atoms in total. The van der Waals surface area contributed by atoms with Crippen LogP contribution in [0.2, 0.25) is 0 Å². The summed E-state index contributed by atoms with van der Waals surface area (Å²) in [5.41, 5.74) is 2.83. The number of amides is 2. The van der Waals surface area contributed by atoms with E-state index >= 15 is 0 Å². The number of carbonyl (C=O) groups is 1. The fourth-order valence-electron chi connectivity index (χ4n) is 2.02. The summed E-state index contributed by atoms with van der Waals surface area (Å²) in [6.07, 6.45) is 0. The van der Waals surface area contributed by atoms with Crippen LogP contribution in [-0.4, -0.2) is 21.4 Å². The van der Waals surface area contributed by atoms with E-state index in [4.69, 9.17) is 0 Å². The van der Waals surface area contributed by atoms with E-state index in [0.717, 1.165) is 23.3 Å². The van der Waals surface area contributed by atoms with Gasteiger partial charge < -0.3 is 26.0 Å². The third kappa shape index (κ3) is 3.56. The Bertz CT molecular complexity index is 655. The summed E-state index contributed by atoms with van der Waals surface area (Å²) >= 11 is 0. The van der Waals surface area contributed by atoms with Gasteiger partial charge in [-0.05, 0) is 37.1 Å². The van der Waals surface area contributed by atoms with E-state index in [1.807, 2.05) is 32.0 Å². The Balaban J connectivity index is 2.11. The number of urea groups is 1. The summed E-state index contributed by atoms with van der Waals surface area (Å²) in [5.74, 6) is -1.66. The van der Waals surface area contributed by atoms with Gasteiger partial charge in [0.25, 0.3) is 0 Å². The minimum Gasteiger partial charge on any atom is -0.504 e. The van der Waals surface area contributed by atoms with E-state index < -0.39 is 23.3 Å². The van der Waals surface area contributed by atoms with Gasteiger partial charge in [-0.2, -0.15) is 0 Å². The quantitative estimate of drug-likeness (QED) is 0.433. The van der Waals surface area contributed by atoms with Crippen molar-refractivity contribution in [2.75, 3.05) is 10.6 Å². The van der Waals surface area contributed by atoms with Crippen LogP contribution in [0, 0.1) is 13.8 Å². The lowest BCUT2D eigenvalue weighted by molar-refractivity contribution is 0.262. The molecule has 0 aromatic heterocycles. The zero-order valence-electron chi connectivity index (χ0n) is 11.6. The lowest BCUT2D eigenvalue weighted by Crippen LogP contribution is -2.19. The molecule has 0 unspecified atom stereocenters. The molecule has 0 aliphatic carbocycles. The molecule has 0 bridgehead atoms. The zero-order chi connectivity index (χ0) is 15.6. The second kappa shape index (κ2) is 5.62. The van der Waals surface area contributed by atoms with Crippen LogP contribution < -0.4 is 10.6 Å². The van der Waals surface area contributed by atoms with Crippen molar-refractivity contribution in [3.05, 3.63) is 41.5 Å². The SMILES string of the molecule is Cc1cc(C)cc(NC(=O)Nc2cc(O)c(O)c(O)c2)c1. The molecule has 6 heteroatoms. The number of nitrogens with one attached hydrogen (secondary N) is 2. The van der Waals surface area contributed by atoms with Gasteiger partial charge in [0.1, 0.15) is 0 Å². The molecular formula is C15H16N2O4. The Hall–Kier alpha value is -2.89. The van der Waals surface area contributed by atoms with Gasteiger partial charge in [0, 0.05) is 17.8 Å². The molecule has 0 saturated carbocycles. The second-order valence-electron chi connectivity index (χ2n) is 4.82. The van der Waals surface area contributed by atoms with Crippen LogP contribution in [0.25, 0.3) is 0 Å². The summed E-state index contributed by atoms with van der Waals surface area (Å²) in [5, 5.41) is 33.1. The first-order valence-corrected chi connectivity index (χ1v) is 6.26. The van der Waals surface area contributed by atoms with Gasteiger partial charge in [-0.15, -0.1) is 0 Å². The predicted molar refractivity (Wildman–Crippen MR) is 80.0 cm³/mol. The van der Waals surface area contributed by atoms with Crippen molar-refractivity contribution < 1.29 is 20.1 Å². The minimum atomic E-state index is -0.629. The first-order chi connectivity index (χ1) is 9.85. The maximum atomic E-state index is 11.9. The molecule has 0 heterocycles. The fourth-order valence-corrected chi connectivity index (χ4v) is 2.02. The van der Waals surface area contributed by atoms with Gasteiger partial charge in [0.05, 0.1) is 5.69 Å². The molecule has 0 spiro atoms. The number of aromatic hydroxyl groups is 3. The Kier molecular flexibility index (Phi) is 3.89. The number of phenols is 3.